The van der Waals surface area contributed by atoms with Crippen LogP contribution in [0.15, 0.2) is 0 Å². The van der Waals surface area contributed by atoms with E-state index in [0.717, 1.165) is 0 Å². The summed E-state index contributed by atoms with van der Waals surface area (Å²) in [5.41, 5.74) is 0. The zero-order chi connectivity index (χ0) is 16.5. The fourth-order valence-corrected chi connectivity index (χ4v) is 2.27. The molecule has 1 saturated heterocycles. The molecule has 0 aromatic carbocycles. The molecule has 1 rings (SSSR count). The van der Waals surface area contributed by atoms with Gasteiger partial charge in [-0.3, -0.25) is 19.3 Å². The van der Waals surface area contributed by atoms with Gasteiger partial charge in [0.05, 0.1) is 19.8 Å². The molecule has 126 valence electrons. The number of methoxy groups -OCH3 is 1. The maximum Gasteiger partial charge on any atom is 0.233 e. The minimum Gasteiger partial charge on any atom is -0.382 e. The highest BCUT2D eigenvalue weighted by atomic mass is 16.5. The van der Waals surface area contributed by atoms with Gasteiger partial charge in [-0.15, -0.1) is 0 Å². The molecule has 22 heavy (non-hydrogen) atoms. The third-order valence-corrected chi connectivity index (χ3v) is 3.65. The minimum absolute atomic E-state index is 0.125. The fourth-order valence-electron chi connectivity index (χ4n) is 2.27. The first-order valence-electron chi connectivity index (χ1n) is 7.65. The van der Waals surface area contributed by atoms with E-state index in [-0.39, 0.29) is 48.9 Å². The summed E-state index contributed by atoms with van der Waals surface area (Å²) in [7, 11) is 1.59. The van der Waals surface area contributed by atoms with Crippen molar-refractivity contribution in [1.29, 1.82) is 0 Å². The van der Waals surface area contributed by atoms with Gasteiger partial charge in [-0.05, 0) is 5.92 Å². The molecule has 1 aliphatic rings. The molecule has 3 amide bonds. The van der Waals surface area contributed by atoms with E-state index in [2.05, 4.69) is 5.32 Å². The maximum absolute atomic E-state index is 12.1. The topological polar surface area (TPSA) is 84.9 Å². The van der Waals surface area contributed by atoms with Gasteiger partial charge in [-0.25, -0.2) is 0 Å². The van der Waals surface area contributed by atoms with Gasteiger partial charge in [-0.1, -0.05) is 13.8 Å². The molecule has 7 nitrogen and oxygen atoms in total. The van der Waals surface area contributed by atoms with Crippen LogP contribution in [0.3, 0.4) is 0 Å². The highest BCUT2D eigenvalue weighted by Gasteiger charge is 2.39. The smallest absolute Gasteiger partial charge is 0.233 e. The molecule has 0 radical (unpaired) electrons. The molecule has 0 spiro atoms. The Bertz CT molecular complexity index is 397. The van der Waals surface area contributed by atoms with E-state index in [1.54, 1.807) is 7.11 Å². The van der Waals surface area contributed by atoms with Crippen LogP contribution in [0.1, 0.15) is 26.7 Å². The lowest BCUT2D eigenvalue weighted by atomic mass is 9.94. The second kappa shape index (κ2) is 9.53. The number of carbonyl (C=O) groups is 3. The number of imide groups is 1. The summed E-state index contributed by atoms with van der Waals surface area (Å²) in [6.07, 6.45) is 0.381. The summed E-state index contributed by atoms with van der Waals surface area (Å²) in [5, 5.41) is 2.69. The van der Waals surface area contributed by atoms with E-state index in [0.29, 0.717) is 26.4 Å². The normalized spacial score (nSPS) is 18.4. The van der Waals surface area contributed by atoms with E-state index in [9.17, 15) is 14.4 Å². The zero-order valence-electron chi connectivity index (χ0n) is 13.6. The van der Waals surface area contributed by atoms with Crippen LogP contribution in [0, 0.1) is 11.8 Å². The molecule has 1 heterocycles. The number of hydrogen-bond donors (Lipinski definition) is 1. The standard InChI is InChI=1S/C15H26N2O5/c1-11(2)12-10-14(19)17(15(12)20)6-4-13(18)16-5-7-22-9-8-21-3/h11-12H,4-10H2,1-3H3,(H,16,18). The van der Waals surface area contributed by atoms with Gasteiger partial charge in [-0.2, -0.15) is 0 Å². The Balaban J connectivity index is 2.21. The van der Waals surface area contributed by atoms with Crippen LogP contribution in [-0.2, 0) is 23.9 Å². The first kappa shape index (κ1) is 18.6. The van der Waals surface area contributed by atoms with Gasteiger partial charge in [0.25, 0.3) is 0 Å². The third-order valence-electron chi connectivity index (χ3n) is 3.65. The van der Waals surface area contributed by atoms with E-state index in [4.69, 9.17) is 9.47 Å². The largest absolute Gasteiger partial charge is 0.382 e. The van der Waals surface area contributed by atoms with E-state index in [1.165, 1.54) is 4.90 Å². The first-order valence-corrected chi connectivity index (χ1v) is 7.65. The Morgan fingerprint density at radius 1 is 1.32 bits per heavy atom. The van der Waals surface area contributed by atoms with Crippen molar-refractivity contribution < 1.29 is 23.9 Å². The van der Waals surface area contributed by atoms with Crippen LogP contribution in [-0.4, -0.2) is 62.6 Å². The summed E-state index contributed by atoms with van der Waals surface area (Å²) in [5.74, 6) is -0.636. The lowest BCUT2D eigenvalue weighted by Gasteiger charge is -2.16. The monoisotopic (exact) mass is 314 g/mol. The van der Waals surface area contributed by atoms with Crippen molar-refractivity contribution in [3.05, 3.63) is 0 Å². The number of rotatable bonds is 10. The Morgan fingerprint density at radius 2 is 2.05 bits per heavy atom. The van der Waals surface area contributed by atoms with Crippen LogP contribution in [0.5, 0.6) is 0 Å². The Kier molecular flexibility index (Phi) is 8.05. The van der Waals surface area contributed by atoms with Gasteiger partial charge >= 0.3 is 0 Å². The van der Waals surface area contributed by atoms with Gasteiger partial charge in [0.15, 0.2) is 0 Å². The molecular formula is C15H26N2O5. The SMILES string of the molecule is COCCOCCNC(=O)CCN1C(=O)CC(C(C)C)C1=O. The molecule has 1 fully saturated rings. The molecule has 0 aromatic heterocycles. The van der Waals surface area contributed by atoms with Crippen molar-refractivity contribution in [3.8, 4) is 0 Å². The number of hydrogen-bond acceptors (Lipinski definition) is 5. The Hall–Kier alpha value is -1.47. The minimum atomic E-state index is -0.246. The average molecular weight is 314 g/mol. The van der Waals surface area contributed by atoms with E-state index >= 15 is 0 Å². The molecular weight excluding hydrogens is 288 g/mol. The molecule has 1 unspecified atom stereocenters. The van der Waals surface area contributed by atoms with Crippen LogP contribution in [0.2, 0.25) is 0 Å². The Labute approximate surface area is 131 Å². The van der Waals surface area contributed by atoms with Gasteiger partial charge in [0.2, 0.25) is 17.7 Å². The summed E-state index contributed by atoms with van der Waals surface area (Å²) >= 11 is 0. The van der Waals surface area contributed by atoms with E-state index in [1.807, 2.05) is 13.8 Å². The second-order valence-electron chi connectivity index (χ2n) is 5.64. The summed E-state index contributed by atoms with van der Waals surface area (Å²) in [4.78, 5) is 36.8. The van der Waals surface area contributed by atoms with Crippen molar-refractivity contribution >= 4 is 17.7 Å². The first-order chi connectivity index (χ1) is 10.5. The second-order valence-corrected chi connectivity index (χ2v) is 5.64. The maximum atomic E-state index is 12.1. The summed E-state index contributed by atoms with van der Waals surface area (Å²) < 4.78 is 10.0. The molecule has 0 aliphatic carbocycles. The molecule has 1 atom stereocenters. The van der Waals surface area contributed by atoms with Crippen molar-refractivity contribution in [2.75, 3.05) is 40.0 Å². The summed E-state index contributed by atoms with van der Waals surface area (Å²) in [6.45, 7) is 5.82. The van der Waals surface area contributed by atoms with Crippen LogP contribution in [0.25, 0.3) is 0 Å². The third kappa shape index (κ3) is 5.73. The van der Waals surface area contributed by atoms with Gasteiger partial charge in [0, 0.05) is 39.0 Å². The lowest BCUT2D eigenvalue weighted by Crippen LogP contribution is -2.36. The van der Waals surface area contributed by atoms with Gasteiger partial charge in [0.1, 0.15) is 0 Å². The molecule has 0 saturated carbocycles. The number of likely N-dealkylation sites (tertiary alicyclic amines) is 1. The highest BCUT2D eigenvalue weighted by molar-refractivity contribution is 6.03. The van der Waals surface area contributed by atoms with Crippen molar-refractivity contribution in [1.82, 2.24) is 10.2 Å². The van der Waals surface area contributed by atoms with E-state index < -0.39 is 0 Å². The average Bonchev–Trinajstić information content (AvgIpc) is 2.76. The molecule has 1 N–H and O–H groups in total. The van der Waals surface area contributed by atoms with Crippen molar-refractivity contribution in [2.24, 2.45) is 11.8 Å². The van der Waals surface area contributed by atoms with Crippen molar-refractivity contribution in [2.45, 2.75) is 26.7 Å². The quantitative estimate of drug-likeness (QED) is 0.459. The highest BCUT2D eigenvalue weighted by Crippen LogP contribution is 2.26. The number of ether oxygens (including phenoxy) is 2. The zero-order valence-corrected chi connectivity index (χ0v) is 13.6. The predicted octanol–water partition coefficient (Wildman–Crippen LogP) is 0.187. The van der Waals surface area contributed by atoms with Crippen LogP contribution < -0.4 is 5.32 Å². The molecule has 7 heteroatoms. The number of amides is 3. The van der Waals surface area contributed by atoms with Crippen LogP contribution in [0.4, 0.5) is 0 Å². The van der Waals surface area contributed by atoms with Gasteiger partial charge < -0.3 is 14.8 Å². The molecule has 1 aliphatic heterocycles. The number of carbonyl (C=O) groups excluding carboxylic acids is 3. The van der Waals surface area contributed by atoms with Crippen LogP contribution >= 0.6 is 0 Å². The Morgan fingerprint density at radius 3 is 2.64 bits per heavy atom. The number of nitrogens with zero attached hydrogens (tertiary/aromatic N) is 1. The molecule has 0 bridgehead atoms. The predicted molar refractivity (Wildman–Crippen MR) is 80.0 cm³/mol. The number of nitrogens with one attached hydrogen (secondary N) is 1. The lowest BCUT2D eigenvalue weighted by molar-refractivity contribution is -0.140. The summed E-state index contributed by atoms with van der Waals surface area (Å²) in [6, 6.07) is 0. The van der Waals surface area contributed by atoms with Crippen molar-refractivity contribution in [3.63, 3.8) is 0 Å². The fraction of sp³-hybridized carbons (Fsp3) is 0.800. The molecule has 0 aromatic rings.